The zero-order valence-electron chi connectivity index (χ0n) is 15.8. The summed E-state index contributed by atoms with van der Waals surface area (Å²) in [5, 5.41) is 10.8. The number of urea groups is 1. The summed E-state index contributed by atoms with van der Waals surface area (Å²) in [7, 11) is 1.33. The zero-order chi connectivity index (χ0) is 22.7. The third-order valence-electron chi connectivity index (χ3n) is 4.12. The number of nitrogens with zero attached hydrogens (tertiary/aromatic N) is 1. The van der Waals surface area contributed by atoms with E-state index in [2.05, 4.69) is 21.2 Å². The smallest absolute Gasteiger partial charge is 0.341 e. The number of barbiturate groups is 1. The number of halogens is 2. The van der Waals surface area contributed by atoms with Crippen molar-refractivity contribution in [3.05, 3.63) is 57.8 Å². The van der Waals surface area contributed by atoms with Crippen LogP contribution in [0.1, 0.15) is 5.56 Å². The van der Waals surface area contributed by atoms with E-state index in [1.165, 1.54) is 37.5 Å². The highest BCUT2D eigenvalue weighted by molar-refractivity contribution is 9.10. The van der Waals surface area contributed by atoms with Crippen molar-refractivity contribution in [2.75, 3.05) is 18.6 Å². The molecule has 31 heavy (non-hydrogen) atoms. The van der Waals surface area contributed by atoms with Crippen LogP contribution in [0.4, 0.5) is 14.9 Å². The Balaban J connectivity index is 2.00. The summed E-state index contributed by atoms with van der Waals surface area (Å²) < 4.78 is 23.9. The molecule has 3 rings (SSSR count). The van der Waals surface area contributed by atoms with Crippen LogP contribution in [0, 0.1) is 5.82 Å². The number of hydrogen-bond acceptors (Lipinski definition) is 6. The van der Waals surface area contributed by atoms with E-state index in [0.29, 0.717) is 14.9 Å². The monoisotopic (exact) mass is 492 g/mol. The molecule has 0 aliphatic carbocycles. The van der Waals surface area contributed by atoms with E-state index < -0.39 is 36.2 Å². The van der Waals surface area contributed by atoms with Crippen molar-refractivity contribution < 1.29 is 38.1 Å². The second-order valence-electron chi connectivity index (χ2n) is 6.14. The number of rotatable bonds is 6. The van der Waals surface area contributed by atoms with Gasteiger partial charge >= 0.3 is 12.0 Å². The molecule has 0 aromatic heterocycles. The van der Waals surface area contributed by atoms with Gasteiger partial charge in [0, 0.05) is 4.47 Å². The van der Waals surface area contributed by atoms with E-state index in [0.717, 1.165) is 12.1 Å². The van der Waals surface area contributed by atoms with E-state index in [-0.39, 0.29) is 22.8 Å². The number of carboxylic acid groups (broad SMARTS) is 1. The van der Waals surface area contributed by atoms with Crippen LogP contribution in [-0.4, -0.2) is 42.6 Å². The second-order valence-corrected chi connectivity index (χ2v) is 7.00. The predicted octanol–water partition coefficient (Wildman–Crippen LogP) is 2.73. The summed E-state index contributed by atoms with van der Waals surface area (Å²) in [6.45, 7) is -0.598. The molecular weight excluding hydrogens is 479 g/mol. The molecule has 0 radical (unpaired) electrons. The fraction of sp³-hybridized carbons (Fsp3) is 0.100. The average molecular weight is 493 g/mol. The van der Waals surface area contributed by atoms with E-state index >= 15 is 0 Å². The number of aliphatic carboxylic acids is 1. The number of anilines is 1. The standard InChI is InChI=1S/C20H14BrFN2O7/c1-30-15-7-10(14(21)8-16(15)31-9-17(25)26)6-13-18(27)23-20(29)24(19(13)28)12-4-2-11(22)3-5-12/h2-8H,9H2,1H3,(H,25,26)(H,23,27,29)/b13-6+. The van der Waals surface area contributed by atoms with Crippen molar-refractivity contribution in [1.29, 1.82) is 0 Å². The van der Waals surface area contributed by atoms with Crippen LogP contribution in [0.15, 0.2) is 46.4 Å². The highest BCUT2D eigenvalue weighted by atomic mass is 79.9. The largest absolute Gasteiger partial charge is 0.493 e. The Kier molecular flexibility index (Phi) is 6.35. The van der Waals surface area contributed by atoms with E-state index in [1.807, 2.05) is 0 Å². The minimum absolute atomic E-state index is 0.0800. The topological polar surface area (TPSA) is 122 Å². The minimum atomic E-state index is -1.18. The van der Waals surface area contributed by atoms with Gasteiger partial charge < -0.3 is 14.6 Å². The number of carbonyl (C=O) groups is 4. The maximum atomic E-state index is 13.2. The van der Waals surface area contributed by atoms with Gasteiger partial charge in [-0.25, -0.2) is 18.9 Å². The van der Waals surface area contributed by atoms with Crippen molar-refractivity contribution in [3.63, 3.8) is 0 Å². The van der Waals surface area contributed by atoms with Crippen LogP contribution >= 0.6 is 15.9 Å². The van der Waals surface area contributed by atoms with Crippen LogP contribution < -0.4 is 19.7 Å². The Labute approximate surface area is 183 Å². The summed E-state index contributed by atoms with van der Waals surface area (Å²) in [6.07, 6.45) is 1.23. The second kappa shape index (κ2) is 8.96. The molecule has 1 saturated heterocycles. The lowest BCUT2D eigenvalue weighted by Gasteiger charge is -2.26. The first kappa shape index (κ1) is 22.0. The first-order chi connectivity index (χ1) is 14.7. The van der Waals surface area contributed by atoms with Gasteiger partial charge in [-0.3, -0.25) is 14.9 Å². The molecule has 160 valence electrons. The van der Waals surface area contributed by atoms with Gasteiger partial charge in [-0.05, 0) is 48.0 Å². The lowest BCUT2D eigenvalue weighted by molar-refractivity contribution is -0.139. The fourth-order valence-electron chi connectivity index (χ4n) is 2.71. The van der Waals surface area contributed by atoms with E-state index in [9.17, 15) is 23.6 Å². The zero-order valence-corrected chi connectivity index (χ0v) is 17.4. The molecule has 0 spiro atoms. The fourth-order valence-corrected chi connectivity index (χ4v) is 3.15. The Morgan fingerprint density at radius 1 is 1.19 bits per heavy atom. The molecule has 2 aromatic rings. The molecule has 0 bridgehead atoms. The molecule has 2 N–H and O–H groups in total. The molecular formula is C20H14BrFN2O7. The number of hydrogen-bond donors (Lipinski definition) is 2. The Morgan fingerprint density at radius 2 is 1.87 bits per heavy atom. The number of nitrogens with one attached hydrogen (secondary N) is 1. The summed E-state index contributed by atoms with van der Waals surface area (Å²) >= 11 is 3.27. The number of carbonyl (C=O) groups excluding carboxylic acids is 3. The summed E-state index contributed by atoms with van der Waals surface area (Å²) in [6, 6.07) is 6.49. The van der Waals surface area contributed by atoms with E-state index in [1.54, 1.807) is 0 Å². The van der Waals surface area contributed by atoms with Gasteiger partial charge in [0.15, 0.2) is 18.1 Å². The van der Waals surface area contributed by atoms with Gasteiger partial charge in [0.05, 0.1) is 12.8 Å². The highest BCUT2D eigenvalue weighted by Gasteiger charge is 2.37. The number of methoxy groups -OCH3 is 1. The predicted molar refractivity (Wildman–Crippen MR) is 109 cm³/mol. The maximum absolute atomic E-state index is 13.2. The molecule has 0 saturated carbocycles. The Morgan fingerprint density at radius 3 is 2.48 bits per heavy atom. The maximum Gasteiger partial charge on any atom is 0.341 e. The van der Waals surface area contributed by atoms with Crippen LogP contribution in [0.2, 0.25) is 0 Å². The number of amides is 4. The molecule has 1 aliphatic rings. The molecule has 9 nitrogen and oxygen atoms in total. The first-order valence-corrected chi connectivity index (χ1v) is 9.39. The molecule has 1 fully saturated rings. The van der Waals surface area contributed by atoms with Gasteiger partial charge in [-0.15, -0.1) is 0 Å². The summed E-state index contributed by atoms with van der Waals surface area (Å²) in [4.78, 5) is 48.8. The molecule has 4 amide bonds. The minimum Gasteiger partial charge on any atom is -0.493 e. The van der Waals surface area contributed by atoms with Crippen LogP contribution in [0.5, 0.6) is 11.5 Å². The van der Waals surface area contributed by atoms with Gasteiger partial charge in [-0.2, -0.15) is 0 Å². The third-order valence-corrected chi connectivity index (χ3v) is 4.81. The van der Waals surface area contributed by atoms with Crippen molar-refractivity contribution in [2.24, 2.45) is 0 Å². The summed E-state index contributed by atoms with van der Waals surface area (Å²) in [5.41, 5.74) is 0.0497. The molecule has 0 unspecified atom stereocenters. The number of imide groups is 2. The summed E-state index contributed by atoms with van der Waals surface area (Å²) in [5.74, 6) is -3.27. The Bertz CT molecular complexity index is 1120. The van der Waals surface area contributed by atoms with Crippen molar-refractivity contribution in [1.82, 2.24) is 5.32 Å². The normalized spacial score (nSPS) is 15.1. The SMILES string of the molecule is COc1cc(/C=C2\C(=O)NC(=O)N(c3ccc(F)cc3)C2=O)c(Br)cc1OCC(=O)O. The van der Waals surface area contributed by atoms with Crippen LogP contribution in [0.3, 0.4) is 0 Å². The van der Waals surface area contributed by atoms with Gasteiger partial charge in [0.25, 0.3) is 11.8 Å². The van der Waals surface area contributed by atoms with Crippen molar-refractivity contribution >= 4 is 51.5 Å². The molecule has 0 atom stereocenters. The van der Waals surface area contributed by atoms with Crippen LogP contribution in [-0.2, 0) is 14.4 Å². The quantitative estimate of drug-likeness (QED) is 0.469. The van der Waals surface area contributed by atoms with Crippen molar-refractivity contribution in [3.8, 4) is 11.5 Å². The number of ether oxygens (including phenoxy) is 2. The van der Waals surface area contributed by atoms with Crippen LogP contribution in [0.25, 0.3) is 6.08 Å². The number of benzene rings is 2. The van der Waals surface area contributed by atoms with Gasteiger partial charge in [-0.1, -0.05) is 15.9 Å². The molecule has 2 aromatic carbocycles. The molecule has 11 heteroatoms. The lowest BCUT2D eigenvalue weighted by atomic mass is 10.1. The average Bonchev–Trinajstić information content (AvgIpc) is 2.71. The Hall–Kier alpha value is -3.73. The number of carboxylic acids is 1. The highest BCUT2D eigenvalue weighted by Crippen LogP contribution is 2.35. The third kappa shape index (κ3) is 4.72. The van der Waals surface area contributed by atoms with Crippen molar-refractivity contribution in [2.45, 2.75) is 0 Å². The van der Waals surface area contributed by atoms with Gasteiger partial charge in [0.2, 0.25) is 0 Å². The lowest BCUT2D eigenvalue weighted by Crippen LogP contribution is -2.54. The van der Waals surface area contributed by atoms with Gasteiger partial charge in [0.1, 0.15) is 11.4 Å². The van der Waals surface area contributed by atoms with E-state index in [4.69, 9.17) is 14.6 Å². The molecule has 1 heterocycles. The molecule has 1 aliphatic heterocycles. The first-order valence-electron chi connectivity index (χ1n) is 8.60.